The van der Waals surface area contributed by atoms with E-state index < -0.39 is 17.7 Å². The molecule has 1 N–H and O–H groups in total. The highest BCUT2D eigenvalue weighted by atomic mass is 16.3. The van der Waals surface area contributed by atoms with Gasteiger partial charge in [-0.15, -0.1) is 0 Å². The second-order valence-electron chi connectivity index (χ2n) is 8.19. The average Bonchev–Trinajstić information content (AvgIpc) is 3.34. The van der Waals surface area contributed by atoms with E-state index in [1.807, 2.05) is 27.8 Å². The molecule has 0 spiro atoms. The molecule has 1 fully saturated rings. The number of likely N-dealkylation sites (tertiary alicyclic amines) is 1. The van der Waals surface area contributed by atoms with Crippen LogP contribution >= 0.6 is 0 Å². The van der Waals surface area contributed by atoms with Gasteiger partial charge in [-0.25, -0.2) is 0 Å². The topological polar surface area (TPSA) is 96.5 Å². The molecular formula is C23H34N6O3. The number of rotatable bonds is 8. The minimum atomic E-state index is -0.692. The van der Waals surface area contributed by atoms with Gasteiger partial charge >= 0.3 is 0 Å². The van der Waals surface area contributed by atoms with E-state index in [0.29, 0.717) is 30.9 Å². The number of Topliss-reactive ketones (excluding diaryl/α,β-unsaturated/α-hetero) is 1. The van der Waals surface area contributed by atoms with Crippen LogP contribution in [0.3, 0.4) is 0 Å². The largest absolute Gasteiger partial charge is 0.507 e. The number of likely N-dealkylation sites (N-methyl/N-ethyl adjacent to an activating group) is 1. The number of carbonyl (C=O) groups excluding carboxylic acids is 2. The van der Waals surface area contributed by atoms with Gasteiger partial charge in [0.15, 0.2) is 0 Å². The SMILES string of the molecule is CCN(CC)CCN1C(=O)C(=O)C(=C(O)c2c(C)nn(CC)c2C)[C@H]1c1cnn(C)c1C. The third-order valence-electron chi connectivity index (χ3n) is 6.58. The van der Waals surface area contributed by atoms with Crippen LogP contribution in [0.25, 0.3) is 5.76 Å². The van der Waals surface area contributed by atoms with E-state index in [4.69, 9.17) is 0 Å². The van der Waals surface area contributed by atoms with Gasteiger partial charge in [-0.1, -0.05) is 13.8 Å². The summed E-state index contributed by atoms with van der Waals surface area (Å²) >= 11 is 0. The van der Waals surface area contributed by atoms with Gasteiger partial charge in [0.1, 0.15) is 5.76 Å². The summed E-state index contributed by atoms with van der Waals surface area (Å²) in [5.74, 6) is -1.43. The molecule has 9 nitrogen and oxygen atoms in total. The number of amides is 1. The Kier molecular flexibility index (Phi) is 6.88. The third kappa shape index (κ3) is 3.85. The highest BCUT2D eigenvalue weighted by Crippen LogP contribution is 2.41. The minimum Gasteiger partial charge on any atom is -0.507 e. The van der Waals surface area contributed by atoms with Crippen LogP contribution < -0.4 is 0 Å². The van der Waals surface area contributed by atoms with Crippen LogP contribution in [-0.4, -0.2) is 72.3 Å². The number of nitrogens with zero attached hydrogens (tertiary/aromatic N) is 6. The molecule has 0 saturated carbocycles. The fraction of sp³-hybridized carbons (Fsp3) is 0.565. The van der Waals surface area contributed by atoms with Gasteiger partial charge < -0.3 is 14.9 Å². The predicted octanol–water partition coefficient (Wildman–Crippen LogP) is 2.33. The molecule has 174 valence electrons. The van der Waals surface area contributed by atoms with Gasteiger partial charge in [-0.3, -0.25) is 19.0 Å². The highest BCUT2D eigenvalue weighted by Gasteiger charge is 2.47. The van der Waals surface area contributed by atoms with Crippen LogP contribution in [0.5, 0.6) is 0 Å². The van der Waals surface area contributed by atoms with Gasteiger partial charge in [0.05, 0.1) is 29.1 Å². The zero-order chi connectivity index (χ0) is 23.7. The van der Waals surface area contributed by atoms with E-state index in [2.05, 4.69) is 28.9 Å². The van der Waals surface area contributed by atoms with E-state index in [0.717, 1.165) is 30.0 Å². The maximum atomic E-state index is 13.2. The van der Waals surface area contributed by atoms with Crippen molar-refractivity contribution in [2.45, 2.75) is 54.1 Å². The fourth-order valence-electron chi connectivity index (χ4n) is 4.49. The zero-order valence-electron chi connectivity index (χ0n) is 20.1. The molecule has 2 aromatic heterocycles. The number of carbonyl (C=O) groups is 2. The highest BCUT2D eigenvalue weighted by molar-refractivity contribution is 6.46. The van der Waals surface area contributed by atoms with Gasteiger partial charge in [-0.05, 0) is 40.8 Å². The maximum absolute atomic E-state index is 13.2. The lowest BCUT2D eigenvalue weighted by Gasteiger charge is -2.27. The molecule has 32 heavy (non-hydrogen) atoms. The van der Waals surface area contributed by atoms with Gasteiger partial charge in [0.25, 0.3) is 11.7 Å². The molecule has 1 saturated heterocycles. The summed E-state index contributed by atoms with van der Waals surface area (Å²) in [6.45, 7) is 15.0. The van der Waals surface area contributed by atoms with Crippen LogP contribution in [0.2, 0.25) is 0 Å². The number of hydrogen-bond acceptors (Lipinski definition) is 6. The number of aliphatic hydroxyl groups excluding tert-OH is 1. The summed E-state index contributed by atoms with van der Waals surface area (Å²) in [5, 5.41) is 20.2. The lowest BCUT2D eigenvalue weighted by atomic mass is 9.95. The van der Waals surface area contributed by atoms with Crippen molar-refractivity contribution in [3.8, 4) is 0 Å². The van der Waals surface area contributed by atoms with E-state index >= 15 is 0 Å². The molecule has 0 bridgehead atoms. The molecule has 2 aromatic rings. The Hall–Kier alpha value is -2.94. The third-order valence-corrected chi connectivity index (χ3v) is 6.58. The average molecular weight is 443 g/mol. The summed E-state index contributed by atoms with van der Waals surface area (Å²) in [6.07, 6.45) is 1.68. The monoisotopic (exact) mass is 442 g/mol. The van der Waals surface area contributed by atoms with Crippen LogP contribution in [0.15, 0.2) is 11.8 Å². The molecule has 0 aliphatic carbocycles. The van der Waals surface area contributed by atoms with Crippen molar-refractivity contribution < 1.29 is 14.7 Å². The lowest BCUT2D eigenvalue weighted by molar-refractivity contribution is -0.140. The molecule has 3 heterocycles. The van der Waals surface area contributed by atoms with E-state index in [9.17, 15) is 14.7 Å². The Morgan fingerprint density at radius 2 is 1.78 bits per heavy atom. The molecule has 0 aromatic carbocycles. The van der Waals surface area contributed by atoms with Crippen LogP contribution in [0.1, 0.15) is 55.0 Å². The summed E-state index contributed by atoms with van der Waals surface area (Å²) in [4.78, 5) is 30.2. The smallest absolute Gasteiger partial charge is 0.295 e. The first-order chi connectivity index (χ1) is 15.2. The van der Waals surface area contributed by atoms with Crippen LogP contribution in [0.4, 0.5) is 0 Å². The van der Waals surface area contributed by atoms with Gasteiger partial charge in [-0.2, -0.15) is 10.2 Å². The number of aliphatic hydroxyl groups is 1. The summed E-state index contributed by atoms with van der Waals surface area (Å²) in [7, 11) is 1.82. The number of aryl methyl sites for hydroxylation is 3. The second-order valence-corrected chi connectivity index (χ2v) is 8.19. The second kappa shape index (κ2) is 9.28. The molecule has 0 radical (unpaired) electrons. The quantitative estimate of drug-likeness (QED) is 0.383. The summed E-state index contributed by atoms with van der Waals surface area (Å²) < 4.78 is 3.50. The number of ketones is 1. The van der Waals surface area contributed by atoms with Crippen LogP contribution in [-0.2, 0) is 23.2 Å². The molecular weight excluding hydrogens is 408 g/mol. The van der Waals surface area contributed by atoms with E-state index in [1.54, 1.807) is 27.4 Å². The van der Waals surface area contributed by atoms with Gasteiger partial charge in [0, 0.05) is 43.6 Å². The molecule has 0 unspecified atom stereocenters. The maximum Gasteiger partial charge on any atom is 0.295 e. The molecule has 1 atom stereocenters. The van der Waals surface area contributed by atoms with Crippen molar-refractivity contribution in [1.29, 1.82) is 0 Å². The predicted molar refractivity (Wildman–Crippen MR) is 122 cm³/mol. The normalized spacial score (nSPS) is 18.4. The lowest BCUT2D eigenvalue weighted by Crippen LogP contribution is -2.38. The van der Waals surface area contributed by atoms with Crippen LogP contribution in [0, 0.1) is 20.8 Å². The van der Waals surface area contributed by atoms with Crippen molar-refractivity contribution in [2.24, 2.45) is 7.05 Å². The number of aromatic nitrogens is 4. The number of hydrogen-bond donors (Lipinski definition) is 1. The first kappa shape index (κ1) is 23.7. The first-order valence-corrected chi connectivity index (χ1v) is 11.2. The Bertz CT molecular complexity index is 1060. The van der Waals surface area contributed by atoms with Crippen molar-refractivity contribution >= 4 is 17.4 Å². The van der Waals surface area contributed by atoms with Crippen molar-refractivity contribution in [3.63, 3.8) is 0 Å². The molecule has 1 amide bonds. The Morgan fingerprint density at radius 3 is 2.28 bits per heavy atom. The zero-order valence-corrected chi connectivity index (χ0v) is 20.1. The molecule has 1 aliphatic rings. The summed E-state index contributed by atoms with van der Waals surface area (Å²) in [6, 6.07) is -0.692. The van der Waals surface area contributed by atoms with Crippen molar-refractivity contribution in [3.05, 3.63) is 40.0 Å². The summed E-state index contributed by atoms with van der Waals surface area (Å²) in [5.41, 5.74) is 3.59. The Labute approximate surface area is 189 Å². The standard InChI is InChI=1S/C23H34N6O3/c1-8-27(9-2)11-12-28-20(17-13-24-26(7)15(17)5)19(22(31)23(28)32)21(30)18-14(4)25-29(10-3)16(18)6/h13,20,30H,8-12H2,1-7H3/t20-/m1/s1. The van der Waals surface area contributed by atoms with Gasteiger partial charge in [0.2, 0.25) is 0 Å². The van der Waals surface area contributed by atoms with E-state index in [-0.39, 0.29) is 11.3 Å². The van der Waals surface area contributed by atoms with E-state index in [1.165, 1.54) is 0 Å². The van der Waals surface area contributed by atoms with Crippen molar-refractivity contribution in [1.82, 2.24) is 29.4 Å². The first-order valence-electron chi connectivity index (χ1n) is 11.2. The molecule has 3 rings (SSSR count). The Balaban J connectivity index is 2.18. The minimum absolute atomic E-state index is 0.104. The Morgan fingerprint density at radius 1 is 1.12 bits per heavy atom. The van der Waals surface area contributed by atoms with Crippen molar-refractivity contribution in [2.75, 3.05) is 26.2 Å². The molecule has 1 aliphatic heterocycles. The molecule has 9 heteroatoms. The fourth-order valence-corrected chi connectivity index (χ4v) is 4.49.